The summed E-state index contributed by atoms with van der Waals surface area (Å²) in [7, 11) is 1.27. The largest absolute Gasteiger partial charge is 0.409 e. The topological polar surface area (TPSA) is 88.2 Å². The first kappa shape index (κ1) is 14.6. The van der Waals surface area contributed by atoms with Gasteiger partial charge in [-0.15, -0.1) is 0 Å². The minimum atomic E-state index is -2.62. The van der Waals surface area contributed by atoms with Crippen molar-refractivity contribution in [2.45, 2.75) is 19.3 Å². The van der Waals surface area contributed by atoms with Crippen LogP contribution in [0.25, 0.3) is 0 Å². The molecule has 6 nitrogen and oxygen atoms in total. The Morgan fingerprint density at radius 1 is 1.56 bits per heavy atom. The average molecular weight is 265 g/mol. The van der Waals surface area contributed by atoms with E-state index in [2.05, 4.69) is 5.16 Å². The molecule has 0 aromatic heterocycles. The van der Waals surface area contributed by atoms with E-state index >= 15 is 0 Å². The second-order valence-electron chi connectivity index (χ2n) is 4.26. The van der Waals surface area contributed by atoms with E-state index in [4.69, 9.17) is 15.7 Å². The molecule has 104 valence electrons. The number of amidine groups is 1. The Kier molecular flexibility index (Phi) is 4.83. The molecule has 0 atom stereocenters. The molecule has 1 aliphatic rings. The van der Waals surface area contributed by atoms with Gasteiger partial charge in [0.25, 0.3) is 6.43 Å². The van der Waals surface area contributed by atoms with Gasteiger partial charge in [-0.2, -0.15) is 0 Å². The summed E-state index contributed by atoms with van der Waals surface area (Å²) in [5.74, 6) is -0.821. The standard InChI is InChI=1S/C10H17F2N3O3/c1-15(6-7(11)12)9(16)10(8(13)14-17)2-4-18-5-3-10/h7,17H,2-6H2,1H3,(H2,13,14). The lowest BCUT2D eigenvalue weighted by atomic mass is 9.77. The van der Waals surface area contributed by atoms with Crippen molar-refractivity contribution < 1.29 is 23.5 Å². The second kappa shape index (κ2) is 5.94. The lowest BCUT2D eigenvalue weighted by molar-refractivity contribution is -0.143. The molecule has 3 N–H and O–H groups in total. The summed E-state index contributed by atoms with van der Waals surface area (Å²) in [6.07, 6.45) is -2.19. The molecule has 0 bridgehead atoms. The van der Waals surface area contributed by atoms with Crippen molar-refractivity contribution in [3.8, 4) is 0 Å². The third-order valence-electron chi connectivity index (χ3n) is 3.11. The molecule has 0 aromatic carbocycles. The number of carbonyl (C=O) groups is 1. The number of halogens is 2. The van der Waals surface area contributed by atoms with E-state index in [0.717, 1.165) is 4.90 Å². The Bertz CT molecular complexity index is 330. The van der Waals surface area contributed by atoms with Crippen molar-refractivity contribution in [1.82, 2.24) is 4.90 Å². The number of amides is 1. The van der Waals surface area contributed by atoms with Crippen LogP contribution in [-0.2, 0) is 9.53 Å². The lowest BCUT2D eigenvalue weighted by Gasteiger charge is -2.37. The molecule has 1 amide bonds. The first-order valence-electron chi connectivity index (χ1n) is 5.53. The normalized spacial score (nSPS) is 19.9. The molecule has 18 heavy (non-hydrogen) atoms. The van der Waals surface area contributed by atoms with Crippen LogP contribution in [0.1, 0.15) is 12.8 Å². The monoisotopic (exact) mass is 265 g/mol. The predicted molar refractivity (Wildman–Crippen MR) is 59.5 cm³/mol. The molecule has 0 aromatic rings. The van der Waals surface area contributed by atoms with Gasteiger partial charge < -0.3 is 20.6 Å². The van der Waals surface area contributed by atoms with E-state index in [1.807, 2.05) is 0 Å². The zero-order chi connectivity index (χ0) is 13.8. The van der Waals surface area contributed by atoms with Gasteiger partial charge in [0.2, 0.25) is 5.91 Å². The van der Waals surface area contributed by atoms with Crippen molar-refractivity contribution in [2.24, 2.45) is 16.3 Å². The highest BCUT2D eigenvalue weighted by Crippen LogP contribution is 2.33. The molecular weight excluding hydrogens is 248 g/mol. The Morgan fingerprint density at radius 2 is 2.11 bits per heavy atom. The fourth-order valence-corrected chi connectivity index (χ4v) is 2.05. The van der Waals surface area contributed by atoms with Crippen molar-refractivity contribution in [3.63, 3.8) is 0 Å². The van der Waals surface area contributed by atoms with Crippen LogP contribution in [0.3, 0.4) is 0 Å². The van der Waals surface area contributed by atoms with Gasteiger partial charge in [-0.05, 0) is 12.8 Å². The molecule has 0 saturated carbocycles. The van der Waals surface area contributed by atoms with E-state index in [0.29, 0.717) is 0 Å². The highest BCUT2D eigenvalue weighted by atomic mass is 19.3. The smallest absolute Gasteiger partial charge is 0.255 e. The van der Waals surface area contributed by atoms with Gasteiger partial charge in [0.1, 0.15) is 5.41 Å². The van der Waals surface area contributed by atoms with E-state index in [9.17, 15) is 13.6 Å². The SMILES string of the molecule is CN(CC(F)F)C(=O)C1(C(N)=NO)CCOCC1. The Morgan fingerprint density at radius 3 is 2.56 bits per heavy atom. The molecule has 0 spiro atoms. The zero-order valence-corrected chi connectivity index (χ0v) is 10.1. The van der Waals surface area contributed by atoms with Crippen LogP contribution in [0.2, 0.25) is 0 Å². The van der Waals surface area contributed by atoms with Crippen LogP contribution in [0.4, 0.5) is 8.78 Å². The third-order valence-corrected chi connectivity index (χ3v) is 3.11. The van der Waals surface area contributed by atoms with Gasteiger partial charge in [-0.3, -0.25) is 4.79 Å². The van der Waals surface area contributed by atoms with E-state index < -0.39 is 24.3 Å². The molecule has 0 radical (unpaired) electrons. The maximum Gasteiger partial charge on any atom is 0.255 e. The second-order valence-corrected chi connectivity index (χ2v) is 4.26. The Labute approximate surface area is 103 Å². The van der Waals surface area contributed by atoms with E-state index in [-0.39, 0.29) is 31.9 Å². The number of oxime groups is 1. The van der Waals surface area contributed by atoms with Crippen molar-refractivity contribution in [2.75, 3.05) is 26.8 Å². The van der Waals surface area contributed by atoms with Crippen LogP contribution < -0.4 is 5.73 Å². The van der Waals surface area contributed by atoms with Crippen molar-refractivity contribution in [1.29, 1.82) is 0 Å². The maximum absolute atomic E-state index is 12.3. The molecule has 0 unspecified atom stereocenters. The van der Waals surface area contributed by atoms with Crippen LogP contribution in [0.5, 0.6) is 0 Å². The van der Waals surface area contributed by atoms with Gasteiger partial charge in [-0.25, -0.2) is 8.78 Å². The van der Waals surface area contributed by atoms with Gasteiger partial charge >= 0.3 is 0 Å². The highest BCUT2D eigenvalue weighted by molar-refractivity contribution is 6.06. The average Bonchev–Trinajstić information content (AvgIpc) is 2.36. The molecular formula is C10H17F2N3O3. The summed E-state index contributed by atoms with van der Waals surface area (Å²) in [5, 5.41) is 11.6. The summed E-state index contributed by atoms with van der Waals surface area (Å²) in [4.78, 5) is 13.1. The lowest BCUT2D eigenvalue weighted by Crippen LogP contribution is -2.53. The molecule has 0 aliphatic carbocycles. The molecule has 1 saturated heterocycles. The van der Waals surface area contributed by atoms with Gasteiger partial charge in [-0.1, -0.05) is 5.16 Å². The van der Waals surface area contributed by atoms with E-state index in [1.54, 1.807) is 0 Å². The van der Waals surface area contributed by atoms with Crippen LogP contribution in [-0.4, -0.2) is 55.1 Å². The fraction of sp³-hybridized carbons (Fsp3) is 0.800. The van der Waals surface area contributed by atoms with E-state index in [1.165, 1.54) is 7.05 Å². The maximum atomic E-state index is 12.3. The van der Waals surface area contributed by atoms with Crippen molar-refractivity contribution in [3.05, 3.63) is 0 Å². The van der Waals surface area contributed by atoms with Gasteiger partial charge in [0.05, 0.1) is 6.54 Å². The summed E-state index contributed by atoms with van der Waals surface area (Å²) in [6, 6.07) is 0. The Balaban J connectivity index is 2.93. The summed E-state index contributed by atoms with van der Waals surface area (Å²) < 4.78 is 29.7. The van der Waals surface area contributed by atoms with Gasteiger partial charge in [0, 0.05) is 20.3 Å². The summed E-state index contributed by atoms with van der Waals surface area (Å²) in [5.41, 5.74) is 4.32. The first-order valence-corrected chi connectivity index (χ1v) is 5.53. The highest BCUT2D eigenvalue weighted by Gasteiger charge is 2.46. The third kappa shape index (κ3) is 2.87. The summed E-state index contributed by atoms with van der Waals surface area (Å²) in [6.45, 7) is -0.144. The van der Waals surface area contributed by atoms with Crippen molar-refractivity contribution >= 4 is 11.7 Å². The Hall–Kier alpha value is -1.44. The molecule has 8 heteroatoms. The first-order chi connectivity index (χ1) is 8.44. The number of ether oxygens (including phenoxy) is 1. The minimum absolute atomic E-state index is 0.218. The molecule has 1 fully saturated rings. The molecule has 1 aliphatic heterocycles. The number of alkyl halides is 2. The number of hydrogen-bond donors (Lipinski definition) is 2. The molecule has 1 heterocycles. The van der Waals surface area contributed by atoms with Gasteiger partial charge in [0.15, 0.2) is 5.84 Å². The number of hydrogen-bond acceptors (Lipinski definition) is 4. The predicted octanol–water partition coefficient (Wildman–Crippen LogP) is 0.253. The quantitative estimate of drug-likeness (QED) is 0.330. The number of carbonyl (C=O) groups excluding carboxylic acids is 1. The van der Waals surface area contributed by atoms with Crippen LogP contribution in [0, 0.1) is 5.41 Å². The minimum Gasteiger partial charge on any atom is -0.409 e. The fourth-order valence-electron chi connectivity index (χ4n) is 2.05. The number of nitrogens with two attached hydrogens (primary N) is 1. The molecule has 1 rings (SSSR count). The zero-order valence-electron chi connectivity index (χ0n) is 10.1. The van der Waals surface area contributed by atoms with Crippen LogP contribution in [0.15, 0.2) is 5.16 Å². The summed E-state index contributed by atoms with van der Waals surface area (Å²) >= 11 is 0. The number of nitrogens with zero attached hydrogens (tertiary/aromatic N) is 2. The van der Waals surface area contributed by atoms with Crippen LogP contribution >= 0.6 is 0 Å². The number of rotatable bonds is 4.